The van der Waals surface area contributed by atoms with Gasteiger partial charge in [0.05, 0.1) is 0 Å². The maximum atomic E-state index is 2.41. The molecule has 0 saturated carbocycles. The number of benzene rings is 3. The molecule has 1 aromatic heterocycles. The molecule has 1 heteroatoms. The van der Waals surface area contributed by atoms with Gasteiger partial charge in [0, 0.05) is 21.1 Å². The van der Waals surface area contributed by atoms with E-state index in [1.165, 1.54) is 43.5 Å². The fraction of sp³-hybridized carbons (Fsp3) is 0.130. The molecule has 1 aliphatic rings. The molecular weight excluding hydrogens is 308 g/mol. The zero-order chi connectivity index (χ0) is 16.3. The predicted molar refractivity (Wildman–Crippen MR) is 105 cm³/mol. The van der Waals surface area contributed by atoms with Crippen LogP contribution in [-0.4, -0.2) is 0 Å². The van der Waals surface area contributed by atoms with Crippen molar-refractivity contribution in [2.45, 2.75) is 19.3 Å². The van der Waals surface area contributed by atoms with Gasteiger partial charge in [-0.05, 0) is 45.3 Å². The monoisotopic (exact) mass is 326 g/mol. The van der Waals surface area contributed by atoms with Crippen LogP contribution in [0.3, 0.4) is 0 Å². The Morgan fingerprint density at radius 2 is 1.46 bits per heavy atom. The summed E-state index contributed by atoms with van der Waals surface area (Å²) in [5, 5.41) is 3.65. The molecule has 4 aromatic rings. The molecule has 0 fully saturated rings. The Labute approximate surface area is 146 Å². The van der Waals surface area contributed by atoms with Crippen molar-refractivity contribution in [3.63, 3.8) is 0 Å². The molecule has 0 N–H and O–H groups in total. The summed E-state index contributed by atoms with van der Waals surface area (Å²) in [5.74, 6) is 0. The zero-order valence-electron chi connectivity index (χ0n) is 13.8. The maximum Gasteiger partial charge on any atom is 0.0349 e. The van der Waals surface area contributed by atoms with E-state index >= 15 is 0 Å². The van der Waals surface area contributed by atoms with Crippen LogP contribution in [0.5, 0.6) is 0 Å². The number of hydrogen-bond donors (Lipinski definition) is 0. The highest BCUT2D eigenvalue weighted by molar-refractivity contribution is 7.17. The molecule has 5 rings (SSSR count). The van der Waals surface area contributed by atoms with Crippen LogP contribution in [0.4, 0.5) is 0 Å². The molecule has 0 amide bonds. The van der Waals surface area contributed by atoms with Crippen LogP contribution < -0.4 is 0 Å². The van der Waals surface area contributed by atoms with E-state index in [0.717, 1.165) is 0 Å². The quantitative estimate of drug-likeness (QED) is 0.358. The minimum Gasteiger partial charge on any atom is -0.143 e. The lowest BCUT2D eigenvalue weighted by atomic mass is 9.81. The smallest absolute Gasteiger partial charge is 0.0349 e. The number of fused-ring (bicyclic) bond motifs is 4. The molecule has 0 bridgehead atoms. The lowest BCUT2D eigenvalue weighted by Crippen LogP contribution is -2.14. The van der Waals surface area contributed by atoms with E-state index in [0.29, 0.717) is 0 Å². The van der Waals surface area contributed by atoms with E-state index in [2.05, 4.69) is 86.0 Å². The first kappa shape index (κ1) is 14.0. The highest BCUT2D eigenvalue weighted by Crippen LogP contribution is 2.49. The second kappa shape index (κ2) is 4.81. The molecule has 0 aliphatic heterocycles. The van der Waals surface area contributed by atoms with Gasteiger partial charge >= 0.3 is 0 Å². The van der Waals surface area contributed by atoms with Crippen LogP contribution >= 0.6 is 11.3 Å². The highest BCUT2D eigenvalue weighted by atomic mass is 32.1. The van der Waals surface area contributed by atoms with Gasteiger partial charge in [-0.2, -0.15) is 0 Å². The average molecular weight is 326 g/mol. The summed E-state index contributed by atoms with van der Waals surface area (Å²) in [4.78, 5) is 0. The summed E-state index contributed by atoms with van der Waals surface area (Å²) in [6.07, 6.45) is 0. The molecule has 0 radical (unpaired) electrons. The fourth-order valence-corrected chi connectivity index (χ4v) is 5.04. The van der Waals surface area contributed by atoms with Gasteiger partial charge in [0.15, 0.2) is 0 Å². The van der Waals surface area contributed by atoms with Crippen molar-refractivity contribution < 1.29 is 0 Å². The molecule has 0 spiro atoms. The molecule has 0 atom stereocenters. The van der Waals surface area contributed by atoms with E-state index in [1.807, 2.05) is 11.3 Å². The summed E-state index contributed by atoms with van der Waals surface area (Å²) >= 11 is 1.83. The Kier molecular flexibility index (Phi) is 2.81. The fourth-order valence-electron chi connectivity index (χ4n) is 4.07. The summed E-state index contributed by atoms with van der Waals surface area (Å²) in [7, 11) is 0. The van der Waals surface area contributed by atoms with Gasteiger partial charge in [-0.15, -0.1) is 11.3 Å². The lowest BCUT2D eigenvalue weighted by molar-refractivity contribution is 0.660. The van der Waals surface area contributed by atoms with Gasteiger partial charge in [0.1, 0.15) is 0 Å². The Balaban J connectivity index is 1.75. The third kappa shape index (κ3) is 1.79. The number of thiophene rings is 1. The summed E-state index contributed by atoms with van der Waals surface area (Å²) in [6, 6.07) is 24.5. The largest absolute Gasteiger partial charge is 0.143 e. The van der Waals surface area contributed by atoms with Crippen LogP contribution in [0.15, 0.2) is 72.1 Å². The van der Waals surface area contributed by atoms with Crippen molar-refractivity contribution in [3.05, 3.63) is 83.2 Å². The van der Waals surface area contributed by atoms with Gasteiger partial charge < -0.3 is 0 Å². The minimum atomic E-state index is 0.0633. The number of hydrogen-bond acceptors (Lipinski definition) is 1. The lowest BCUT2D eigenvalue weighted by Gasteiger charge is -2.21. The third-order valence-electron chi connectivity index (χ3n) is 5.38. The van der Waals surface area contributed by atoms with Crippen molar-refractivity contribution in [1.82, 2.24) is 0 Å². The molecule has 0 nitrogen and oxygen atoms in total. The van der Waals surface area contributed by atoms with Gasteiger partial charge in [0.2, 0.25) is 0 Å². The van der Waals surface area contributed by atoms with E-state index in [1.54, 1.807) is 0 Å². The summed E-state index contributed by atoms with van der Waals surface area (Å²) < 4.78 is 1.36. The Bertz CT molecular complexity index is 1080. The molecule has 0 saturated heterocycles. The first-order valence-corrected chi connectivity index (χ1v) is 9.25. The maximum absolute atomic E-state index is 2.41. The normalized spacial score (nSPS) is 14.6. The van der Waals surface area contributed by atoms with Crippen molar-refractivity contribution >= 4 is 21.4 Å². The molecule has 1 heterocycles. The van der Waals surface area contributed by atoms with Crippen LogP contribution in [0.25, 0.3) is 32.3 Å². The molecule has 116 valence electrons. The zero-order valence-corrected chi connectivity index (χ0v) is 14.7. The SMILES string of the molecule is CC1(C)c2ccccc2-c2ccc(-c3csc4ccccc34)cc21. The molecule has 24 heavy (non-hydrogen) atoms. The molecular formula is C23H18S. The third-order valence-corrected chi connectivity index (χ3v) is 6.34. The van der Waals surface area contributed by atoms with E-state index in [9.17, 15) is 0 Å². The summed E-state index contributed by atoms with van der Waals surface area (Å²) in [5.41, 5.74) is 8.40. The second-order valence-electron chi connectivity index (χ2n) is 7.08. The topological polar surface area (TPSA) is 0 Å². The Hall–Kier alpha value is -2.38. The average Bonchev–Trinajstić information content (AvgIpc) is 3.13. The molecule has 0 unspecified atom stereocenters. The van der Waals surface area contributed by atoms with Crippen LogP contribution in [0.1, 0.15) is 25.0 Å². The van der Waals surface area contributed by atoms with Crippen molar-refractivity contribution in [2.24, 2.45) is 0 Å². The van der Waals surface area contributed by atoms with Crippen molar-refractivity contribution in [3.8, 4) is 22.3 Å². The Morgan fingerprint density at radius 3 is 2.38 bits per heavy atom. The van der Waals surface area contributed by atoms with Gasteiger partial charge in [-0.25, -0.2) is 0 Å². The van der Waals surface area contributed by atoms with Gasteiger partial charge in [-0.1, -0.05) is 68.4 Å². The highest BCUT2D eigenvalue weighted by Gasteiger charge is 2.35. The summed E-state index contributed by atoms with van der Waals surface area (Å²) in [6.45, 7) is 4.68. The molecule has 1 aliphatic carbocycles. The first-order valence-electron chi connectivity index (χ1n) is 8.37. The second-order valence-corrected chi connectivity index (χ2v) is 7.99. The number of rotatable bonds is 1. The van der Waals surface area contributed by atoms with Crippen molar-refractivity contribution in [1.29, 1.82) is 0 Å². The van der Waals surface area contributed by atoms with Gasteiger partial charge in [-0.3, -0.25) is 0 Å². The van der Waals surface area contributed by atoms with Crippen LogP contribution in [0, 0.1) is 0 Å². The predicted octanol–water partition coefficient (Wildman–Crippen LogP) is 6.87. The van der Waals surface area contributed by atoms with Crippen LogP contribution in [0.2, 0.25) is 0 Å². The van der Waals surface area contributed by atoms with Crippen LogP contribution in [-0.2, 0) is 5.41 Å². The van der Waals surface area contributed by atoms with E-state index in [-0.39, 0.29) is 5.41 Å². The molecule has 3 aromatic carbocycles. The minimum absolute atomic E-state index is 0.0633. The van der Waals surface area contributed by atoms with Crippen molar-refractivity contribution in [2.75, 3.05) is 0 Å². The Morgan fingerprint density at radius 1 is 0.708 bits per heavy atom. The first-order chi connectivity index (χ1) is 11.7. The standard InChI is InChI=1S/C23H18S/c1-23(2)20-9-5-3-7-16(20)17-12-11-15(13-21(17)23)19-14-24-22-10-6-4-8-18(19)22/h3-14H,1-2H3. The van der Waals surface area contributed by atoms with E-state index < -0.39 is 0 Å². The van der Waals surface area contributed by atoms with E-state index in [4.69, 9.17) is 0 Å². The van der Waals surface area contributed by atoms with Gasteiger partial charge in [0.25, 0.3) is 0 Å².